The third-order valence-electron chi connectivity index (χ3n) is 6.27. The van der Waals surface area contributed by atoms with E-state index in [2.05, 4.69) is 37.1 Å². The number of halogens is 1. The zero-order valence-corrected chi connectivity index (χ0v) is 25.7. The number of hydrogen-bond donors (Lipinski definition) is 3. The summed E-state index contributed by atoms with van der Waals surface area (Å²) in [5, 5.41) is 22.7. The highest BCUT2D eigenvalue weighted by Gasteiger charge is 2.25. The number of alkyl carbamates (subject to hydrolysis) is 1. The summed E-state index contributed by atoms with van der Waals surface area (Å²) in [4.78, 5) is 33.2. The zero-order chi connectivity index (χ0) is 32.2. The van der Waals surface area contributed by atoms with Gasteiger partial charge in [-0.25, -0.2) is 19.2 Å². The Morgan fingerprint density at radius 1 is 1.04 bits per heavy atom. The van der Waals surface area contributed by atoms with Gasteiger partial charge in [0.2, 0.25) is 0 Å². The van der Waals surface area contributed by atoms with Crippen molar-refractivity contribution < 1.29 is 32.9 Å². The molecule has 3 heterocycles. The smallest absolute Gasteiger partial charge is 0.407 e. The van der Waals surface area contributed by atoms with Crippen molar-refractivity contribution in [3.63, 3.8) is 0 Å². The van der Waals surface area contributed by atoms with Crippen molar-refractivity contribution in [3.8, 4) is 11.9 Å². The lowest BCUT2D eigenvalue weighted by Crippen LogP contribution is -2.34. The number of nitrogens with one attached hydrogen (secondary N) is 3. The Hall–Kier alpha value is -4.39. The molecule has 14 nitrogen and oxygen atoms in total. The summed E-state index contributed by atoms with van der Waals surface area (Å²) < 4.78 is 37.2. The highest BCUT2D eigenvalue weighted by molar-refractivity contribution is 5.99. The van der Waals surface area contributed by atoms with E-state index in [1.54, 1.807) is 39.1 Å². The Bertz CT molecular complexity index is 1480. The topological polar surface area (TPSA) is 175 Å². The van der Waals surface area contributed by atoms with Gasteiger partial charge in [0, 0.05) is 36.4 Å². The van der Waals surface area contributed by atoms with Crippen LogP contribution in [-0.2, 0) is 18.9 Å². The van der Waals surface area contributed by atoms with Crippen LogP contribution in [0.1, 0.15) is 49.5 Å². The molecule has 242 valence electrons. The minimum atomic E-state index is -1.42. The monoisotopic (exact) mass is 626 g/mol. The summed E-state index contributed by atoms with van der Waals surface area (Å²) in [5.41, 5.74) is 1.24. The summed E-state index contributed by atoms with van der Waals surface area (Å²) in [6.07, 6.45) is 4.54. The number of nitriles is 1. The van der Waals surface area contributed by atoms with E-state index in [1.807, 2.05) is 0 Å². The van der Waals surface area contributed by atoms with Crippen LogP contribution in [0.2, 0.25) is 0 Å². The van der Waals surface area contributed by atoms with Crippen molar-refractivity contribution in [2.24, 2.45) is 0 Å². The van der Waals surface area contributed by atoms with Crippen LogP contribution < -0.4 is 16.0 Å². The highest BCUT2D eigenvalue weighted by atomic mass is 19.1. The summed E-state index contributed by atoms with van der Waals surface area (Å²) in [6.45, 7) is 6.66. The van der Waals surface area contributed by atoms with Gasteiger partial charge in [-0.3, -0.25) is 4.79 Å². The first kappa shape index (κ1) is 33.5. The molecule has 0 spiro atoms. The van der Waals surface area contributed by atoms with Crippen molar-refractivity contribution in [3.05, 3.63) is 41.9 Å². The molecular weight excluding hydrogens is 587 g/mol. The standard InChI is InChI=1S/C30H39FN8O6/c1-30(2,3)45-29(41)33-6-7-42-8-9-43-10-11-44-19-22(31)17-36-28(40)24-18-34-26(13-25(24)38-23-4-5-23)39-27-21(16-37-39)12-20(14-32)15-35-27/h12-13,15-16,18,22-23H,4-11,17,19H2,1-3H3,(H,33,41)(H,34,38)(H,36,40). The normalized spacial score (nSPS) is 13.7. The van der Waals surface area contributed by atoms with E-state index in [4.69, 9.17) is 24.2 Å². The van der Waals surface area contributed by atoms with Gasteiger partial charge in [0.05, 0.1) is 69.2 Å². The Kier molecular flexibility index (Phi) is 12.0. The van der Waals surface area contributed by atoms with Crippen LogP contribution in [0.5, 0.6) is 0 Å². The average Bonchev–Trinajstić information content (AvgIpc) is 3.72. The predicted octanol–water partition coefficient (Wildman–Crippen LogP) is 2.90. The molecule has 1 aliphatic rings. The van der Waals surface area contributed by atoms with Gasteiger partial charge in [-0.05, 0) is 39.7 Å². The molecule has 0 aromatic carbocycles. The van der Waals surface area contributed by atoms with Gasteiger partial charge >= 0.3 is 6.09 Å². The number of rotatable bonds is 17. The van der Waals surface area contributed by atoms with Crippen LogP contribution >= 0.6 is 0 Å². The summed E-state index contributed by atoms with van der Waals surface area (Å²) in [6, 6.07) is 5.70. The number of carbonyl (C=O) groups is 2. The maximum Gasteiger partial charge on any atom is 0.407 e. The lowest BCUT2D eigenvalue weighted by molar-refractivity contribution is 0.00374. The second kappa shape index (κ2) is 16.1. The van der Waals surface area contributed by atoms with Crippen LogP contribution in [0.3, 0.4) is 0 Å². The molecule has 3 aromatic rings. The van der Waals surface area contributed by atoms with E-state index in [1.165, 1.54) is 17.1 Å². The third kappa shape index (κ3) is 10.9. The van der Waals surface area contributed by atoms with E-state index >= 15 is 0 Å². The molecule has 2 amide bonds. The van der Waals surface area contributed by atoms with Crippen LogP contribution in [0.25, 0.3) is 16.9 Å². The van der Waals surface area contributed by atoms with E-state index in [0.29, 0.717) is 54.5 Å². The zero-order valence-electron chi connectivity index (χ0n) is 25.7. The van der Waals surface area contributed by atoms with Crippen molar-refractivity contribution in [1.29, 1.82) is 5.26 Å². The van der Waals surface area contributed by atoms with Gasteiger partial charge in [0.1, 0.15) is 17.8 Å². The lowest BCUT2D eigenvalue weighted by atomic mass is 10.2. The molecule has 1 unspecified atom stereocenters. The van der Waals surface area contributed by atoms with Crippen molar-refractivity contribution >= 4 is 28.7 Å². The molecule has 4 rings (SSSR count). The van der Waals surface area contributed by atoms with Gasteiger partial charge < -0.3 is 34.9 Å². The number of anilines is 1. The number of alkyl halides is 1. The summed E-state index contributed by atoms with van der Waals surface area (Å²) >= 11 is 0. The van der Waals surface area contributed by atoms with Crippen LogP contribution in [0.4, 0.5) is 14.9 Å². The van der Waals surface area contributed by atoms with Gasteiger partial charge in [-0.1, -0.05) is 0 Å². The first-order chi connectivity index (χ1) is 21.6. The molecule has 0 radical (unpaired) electrons. The number of ether oxygens (including phenoxy) is 4. The first-order valence-corrected chi connectivity index (χ1v) is 14.8. The minimum absolute atomic E-state index is 0.185. The average molecular weight is 627 g/mol. The molecule has 15 heteroatoms. The number of hydrogen-bond acceptors (Lipinski definition) is 11. The molecule has 0 saturated heterocycles. The first-order valence-electron chi connectivity index (χ1n) is 14.8. The molecule has 3 N–H and O–H groups in total. The molecule has 1 atom stereocenters. The fraction of sp³-hybridized carbons (Fsp3) is 0.533. The van der Waals surface area contributed by atoms with E-state index < -0.39 is 23.8 Å². The van der Waals surface area contributed by atoms with Gasteiger partial charge in [0.15, 0.2) is 11.5 Å². The Morgan fingerprint density at radius 2 is 1.78 bits per heavy atom. The second-order valence-electron chi connectivity index (χ2n) is 11.3. The fourth-order valence-electron chi connectivity index (χ4n) is 4.01. The third-order valence-corrected chi connectivity index (χ3v) is 6.27. The number of aromatic nitrogens is 4. The molecular formula is C30H39FN8O6. The number of pyridine rings is 2. The van der Waals surface area contributed by atoms with Gasteiger partial charge in [0.25, 0.3) is 5.91 Å². The maximum atomic E-state index is 14.4. The number of carbonyl (C=O) groups excluding carboxylic acids is 2. The van der Waals surface area contributed by atoms with Crippen molar-refractivity contribution in [2.45, 2.75) is 51.4 Å². The molecule has 1 saturated carbocycles. The van der Waals surface area contributed by atoms with Crippen LogP contribution in [0.15, 0.2) is 30.7 Å². The van der Waals surface area contributed by atoms with Crippen molar-refractivity contribution in [2.75, 3.05) is 58.0 Å². The minimum Gasteiger partial charge on any atom is -0.444 e. The Morgan fingerprint density at radius 3 is 2.49 bits per heavy atom. The number of amides is 2. The van der Waals surface area contributed by atoms with Crippen LogP contribution in [0, 0.1) is 11.3 Å². The SMILES string of the molecule is CC(C)(C)OC(=O)NCCOCCOCCOCC(F)CNC(=O)c1cnc(-n2ncc3cc(C#N)cnc32)cc1NC1CC1. The predicted molar refractivity (Wildman–Crippen MR) is 162 cm³/mol. The van der Waals surface area contributed by atoms with Gasteiger partial charge in [-0.15, -0.1) is 0 Å². The number of nitrogens with zero attached hydrogens (tertiary/aromatic N) is 5. The molecule has 45 heavy (non-hydrogen) atoms. The van der Waals surface area contributed by atoms with E-state index in [0.717, 1.165) is 12.8 Å². The lowest BCUT2D eigenvalue weighted by Gasteiger charge is -2.19. The molecule has 1 aliphatic carbocycles. The Balaban J connectivity index is 1.14. The highest BCUT2D eigenvalue weighted by Crippen LogP contribution is 2.28. The molecule has 1 fully saturated rings. The molecule has 0 bridgehead atoms. The Labute approximate surface area is 260 Å². The molecule has 3 aromatic heterocycles. The largest absolute Gasteiger partial charge is 0.444 e. The van der Waals surface area contributed by atoms with Crippen molar-refractivity contribution in [1.82, 2.24) is 30.4 Å². The fourth-order valence-corrected chi connectivity index (χ4v) is 4.01. The summed E-state index contributed by atoms with van der Waals surface area (Å²) in [7, 11) is 0. The maximum absolute atomic E-state index is 14.4. The van der Waals surface area contributed by atoms with Gasteiger partial charge in [-0.2, -0.15) is 15.0 Å². The number of fused-ring (bicyclic) bond motifs is 1. The van der Waals surface area contributed by atoms with E-state index in [9.17, 15) is 14.0 Å². The van der Waals surface area contributed by atoms with Crippen LogP contribution in [-0.4, -0.2) is 102 Å². The van der Waals surface area contributed by atoms with E-state index in [-0.39, 0.29) is 38.0 Å². The quantitative estimate of drug-likeness (QED) is 0.188. The summed E-state index contributed by atoms with van der Waals surface area (Å²) in [5.74, 6) is -0.0192. The second-order valence-corrected chi connectivity index (χ2v) is 11.3. The molecule has 0 aliphatic heterocycles.